The quantitative estimate of drug-likeness (QED) is 0.631. The molecule has 0 radical (unpaired) electrons. The summed E-state index contributed by atoms with van der Waals surface area (Å²) in [5, 5.41) is 18.7. The van der Waals surface area contributed by atoms with Crippen LogP contribution in [0.25, 0.3) is 0 Å². The van der Waals surface area contributed by atoms with Gasteiger partial charge >= 0.3 is 0 Å². The Morgan fingerprint density at radius 1 is 1.58 bits per heavy atom. The van der Waals surface area contributed by atoms with Crippen LogP contribution in [-0.2, 0) is 6.54 Å². The Labute approximate surface area is 82.6 Å². The highest BCUT2D eigenvalue weighted by Gasteiger charge is 2.21. The van der Waals surface area contributed by atoms with E-state index in [2.05, 4.69) is 15.5 Å². The lowest BCUT2D eigenvalue weighted by molar-refractivity contribution is 0.251. The van der Waals surface area contributed by atoms with Crippen LogP contribution in [0.1, 0.15) is 17.3 Å². The smallest absolute Gasteiger partial charge is 0.0627 e. The first kappa shape index (κ1) is 11.7. The minimum absolute atomic E-state index is 0. The van der Waals surface area contributed by atoms with E-state index < -0.39 is 0 Å². The first-order chi connectivity index (χ1) is 4.92. The molecule has 1 unspecified atom stereocenters. The van der Waals surface area contributed by atoms with E-state index in [1.54, 1.807) is 6.20 Å². The first-order valence-electron chi connectivity index (χ1n) is 3.28. The highest BCUT2D eigenvalue weighted by molar-refractivity contribution is 5.85. The van der Waals surface area contributed by atoms with Gasteiger partial charge in [0, 0.05) is 12.1 Å². The lowest BCUT2D eigenvalue weighted by Gasteiger charge is -2.03. The molecule has 1 atom stereocenters. The molecular weight excluding hydrogens is 201 g/mol. The average molecular weight is 212 g/mol. The number of aromatic amines is 1. The summed E-state index contributed by atoms with van der Waals surface area (Å²) in [6.07, 6.45) is 1.76. The van der Waals surface area contributed by atoms with Crippen molar-refractivity contribution >= 4 is 24.8 Å². The molecule has 0 spiro atoms. The van der Waals surface area contributed by atoms with Crippen LogP contribution in [-0.4, -0.2) is 21.9 Å². The Kier molecular flexibility index (Phi) is 4.55. The van der Waals surface area contributed by atoms with E-state index >= 15 is 0 Å². The third kappa shape index (κ3) is 1.72. The van der Waals surface area contributed by atoms with E-state index in [0.717, 1.165) is 17.8 Å². The molecule has 0 fully saturated rings. The Morgan fingerprint density at radius 2 is 2.33 bits per heavy atom. The monoisotopic (exact) mass is 211 g/mol. The summed E-state index contributed by atoms with van der Waals surface area (Å²) >= 11 is 0. The van der Waals surface area contributed by atoms with Crippen LogP contribution in [0.15, 0.2) is 6.20 Å². The molecule has 0 saturated carbocycles. The van der Waals surface area contributed by atoms with Crippen molar-refractivity contribution in [2.75, 3.05) is 6.61 Å². The number of hydrogen-bond acceptors (Lipinski definition) is 3. The van der Waals surface area contributed by atoms with Crippen molar-refractivity contribution in [2.24, 2.45) is 0 Å². The molecule has 0 amide bonds. The zero-order chi connectivity index (χ0) is 6.97. The summed E-state index contributed by atoms with van der Waals surface area (Å²) in [4.78, 5) is 0. The number of hydrogen-bond donors (Lipinski definition) is 3. The van der Waals surface area contributed by atoms with Crippen LogP contribution in [0.2, 0.25) is 0 Å². The van der Waals surface area contributed by atoms with Gasteiger partial charge in [0.15, 0.2) is 0 Å². The molecule has 0 aromatic carbocycles. The molecule has 70 valence electrons. The van der Waals surface area contributed by atoms with Crippen LogP contribution in [0.5, 0.6) is 0 Å². The van der Waals surface area contributed by atoms with E-state index in [1.165, 1.54) is 0 Å². The van der Waals surface area contributed by atoms with Gasteiger partial charge in [0.1, 0.15) is 0 Å². The zero-order valence-electron chi connectivity index (χ0n) is 6.28. The number of nitrogens with one attached hydrogen (secondary N) is 2. The van der Waals surface area contributed by atoms with Crippen molar-refractivity contribution in [3.05, 3.63) is 17.5 Å². The van der Waals surface area contributed by atoms with Gasteiger partial charge in [0.05, 0.1) is 24.5 Å². The normalized spacial score (nSPS) is 19.2. The molecule has 0 aliphatic carbocycles. The highest BCUT2D eigenvalue weighted by atomic mass is 35.5. The molecule has 0 bridgehead atoms. The Bertz CT molecular complexity index is 240. The Balaban J connectivity index is 0.000000605. The van der Waals surface area contributed by atoms with Crippen molar-refractivity contribution in [1.29, 1.82) is 0 Å². The maximum absolute atomic E-state index is 8.83. The number of nitrogens with zero attached hydrogens (tertiary/aromatic N) is 1. The van der Waals surface area contributed by atoms with E-state index in [4.69, 9.17) is 5.11 Å². The lowest BCUT2D eigenvalue weighted by atomic mass is 10.2. The van der Waals surface area contributed by atoms with Gasteiger partial charge in [-0.1, -0.05) is 0 Å². The average Bonchev–Trinajstić information content (AvgIpc) is 2.44. The summed E-state index contributed by atoms with van der Waals surface area (Å²) in [6, 6.07) is 0.0914. The van der Waals surface area contributed by atoms with Gasteiger partial charge in [-0.15, -0.1) is 24.8 Å². The molecule has 2 rings (SSSR count). The third-order valence-corrected chi connectivity index (χ3v) is 1.83. The summed E-state index contributed by atoms with van der Waals surface area (Å²) in [5.74, 6) is 0. The number of halogens is 2. The van der Waals surface area contributed by atoms with Gasteiger partial charge in [-0.2, -0.15) is 5.10 Å². The lowest BCUT2D eigenvalue weighted by Crippen LogP contribution is -2.15. The highest BCUT2D eigenvalue weighted by Crippen LogP contribution is 2.21. The number of aliphatic hydroxyl groups excluding tert-OH is 1. The third-order valence-electron chi connectivity index (χ3n) is 1.83. The molecule has 6 heteroatoms. The fraction of sp³-hybridized carbons (Fsp3) is 0.500. The van der Waals surface area contributed by atoms with Gasteiger partial charge in [-0.05, 0) is 0 Å². The fourth-order valence-electron chi connectivity index (χ4n) is 1.26. The van der Waals surface area contributed by atoms with Crippen molar-refractivity contribution in [3.8, 4) is 0 Å². The molecule has 2 heterocycles. The molecule has 3 N–H and O–H groups in total. The molecule has 0 saturated heterocycles. The van der Waals surface area contributed by atoms with Crippen LogP contribution in [0.3, 0.4) is 0 Å². The molecular formula is C6H11Cl2N3O. The molecule has 1 aromatic rings. The van der Waals surface area contributed by atoms with E-state index in [9.17, 15) is 0 Å². The molecule has 1 aromatic heterocycles. The summed E-state index contributed by atoms with van der Waals surface area (Å²) < 4.78 is 0. The predicted molar refractivity (Wildman–Crippen MR) is 49.8 cm³/mol. The summed E-state index contributed by atoms with van der Waals surface area (Å²) in [5.41, 5.74) is 2.20. The topological polar surface area (TPSA) is 60.9 Å². The number of fused-ring (bicyclic) bond motifs is 1. The number of H-pyrrole nitrogens is 1. The molecule has 1 aliphatic heterocycles. The maximum atomic E-state index is 8.83. The van der Waals surface area contributed by atoms with E-state index in [-0.39, 0.29) is 37.5 Å². The predicted octanol–water partition coefficient (Wildman–Crippen LogP) is 0.390. The minimum Gasteiger partial charge on any atom is -0.394 e. The van der Waals surface area contributed by atoms with Crippen molar-refractivity contribution in [3.63, 3.8) is 0 Å². The molecule has 12 heavy (non-hydrogen) atoms. The largest absolute Gasteiger partial charge is 0.394 e. The van der Waals surface area contributed by atoms with Crippen LogP contribution < -0.4 is 5.32 Å². The van der Waals surface area contributed by atoms with Gasteiger partial charge in [0.25, 0.3) is 0 Å². The van der Waals surface area contributed by atoms with Crippen molar-refractivity contribution < 1.29 is 5.11 Å². The van der Waals surface area contributed by atoms with E-state index in [0.29, 0.717) is 0 Å². The SMILES string of the molecule is Cl.Cl.OCC1NCc2[nH]ncc21. The Hall–Kier alpha value is -0.290. The van der Waals surface area contributed by atoms with Gasteiger partial charge in [0.2, 0.25) is 0 Å². The van der Waals surface area contributed by atoms with Crippen LogP contribution in [0, 0.1) is 0 Å². The second-order valence-corrected chi connectivity index (χ2v) is 2.42. The van der Waals surface area contributed by atoms with Crippen LogP contribution in [0.4, 0.5) is 0 Å². The maximum Gasteiger partial charge on any atom is 0.0627 e. The standard InChI is InChI=1S/C6H9N3O.2ClH/c10-3-6-4-1-8-9-5(4)2-7-6;;/h1,6-7,10H,2-3H2,(H,8,9);2*1H. The summed E-state index contributed by atoms with van der Waals surface area (Å²) in [6.45, 7) is 0.938. The van der Waals surface area contributed by atoms with Gasteiger partial charge in [-0.25, -0.2) is 0 Å². The minimum atomic E-state index is 0. The molecule has 4 nitrogen and oxygen atoms in total. The second kappa shape index (κ2) is 4.67. The fourth-order valence-corrected chi connectivity index (χ4v) is 1.26. The van der Waals surface area contributed by atoms with Gasteiger partial charge < -0.3 is 10.4 Å². The zero-order valence-corrected chi connectivity index (χ0v) is 7.91. The van der Waals surface area contributed by atoms with E-state index in [1.807, 2.05) is 0 Å². The van der Waals surface area contributed by atoms with Crippen molar-refractivity contribution in [2.45, 2.75) is 12.6 Å². The number of aromatic nitrogens is 2. The van der Waals surface area contributed by atoms with Gasteiger partial charge in [-0.3, -0.25) is 5.10 Å². The number of aliphatic hydroxyl groups is 1. The van der Waals surface area contributed by atoms with Crippen LogP contribution >= 0.6 is 24.8 Å². The van der Waals surface area contributed by atoms with Crippen molar-refractivity contribution in [1.82, 2.24) is 15.5 Å². The molecule has 1 aliphatic rings. The first-order valence-corrected chi connectivity index (χ1v) is 3.28. The summed E-state index contributed by atoms with van der Waals surface area (Å²) in [7, 11) is 0. The Morgan fingerprint density at radius 3 is 3.00 bits per heavy atom. The number of rotatable bonds is 1. The second-order valence-electron chi connectivity index (χ2n) is 2.42.